The minimum Gasteiger partial charge on any atom is -0.460 e. The van der Waals surface area contributed by atoms with Gasteiger partial charge in [0.25, 0.3) is 5.69 Å². The Balaban J connectivity index is 0.00000264. The van der Waals surface area contributed by atoms with Crippen LogP contribution in [0.4, 0.5) is 5.69 Å². The number of likely N-dealkylation sites (N-methyl/N-ethyl adjacent to an activating group) is 1. The van der Waals surface area contributed by atoms with Gasteiger partial charge >= 0.3 is 5.97 Å². The van der Waals surface area contributed by atoms with Crippen LogP contribution in [0.15, 0.2) is 24.3 Å². The molecular formula is C16H23ClN2O4. The Morgan fingerprint density at radius 2 is 1.91 bits per heavy atom. The number of nitrogens with zero attached hydrogens (tertiary/aromatic N) is 1. The summed E-state index contributed by atoms with van der Waals surface area (Å²) in [6.07, 6.45) is 6.09. The molecule has 0 aliphatic heterocycles. The molecular weight excluding hydrogens is 320 g/mol. The lowest BCUT2D eigenvalue weighted by atomic mass is 9.84. The summed E-state index contributed by atoms with van der Waals surface area (Å²) in [5.41, 5.74) is 0.302. The summed E-state index contributed by atoms with van der Waals surface area (Å²) < 4.78 is 5.36. The second-order valence-corrected chi connectivity index (χ2v) is 5.70. The van der Waals surface area contributed by atoms with E-state index in [0.29, 0.717) is 18.1 Å². The van der Waals surface area contributed by atoms with E-state index >= 15 is 0 Å². The average Bonchev–Trinajstić information content (AvgIpc) is 2.56. The molecule has 1 aliphatic carbocycles. The smallest absolute Gasteiger partial charge is 0.338 e. The number of hydrogen-bond acceptors (Lipinski definition) is 5. The van der Waals surface area contributed by atoms with E-state index in [2.05, 4.69) is 5.32 Å². The van der Waals surface area contributed by atoms with Crippen molar-refractivity contribution in [3.05, 3.63) is 39.9 Å². The van der Waals surface area contributed by atoms with Crippen LogP contribution in [-0.2, 0) is 4.74 Å². The fourth-order valence-corrected chi connectivity index (χ4v) is 2.96. The predicted molar refractivity (Wildman–Crippen MR) is 90.0 cm³/mol. The van der Waals surface area contributed by atoms with Crippen LogP contribution in [-0.4, -0.2) is 30.6 Å². The van der Waals surface area contributed by atoms with Crippen molar-refractivity contribution in [1.29, 1.82) is 0 Å². The summed E-state index contributed by atoms with van der Waals surface area (Å²) in [4.78, 5) is 22.1. The third-order valence-corrected chi connectivity index (χ3v) is 4.30. The van der Waals surface area contributed by atoms with Crippen LogP contribution in [0.1, 0.15) is 42.5 Å². The maximum absolute atomic E-state index is 12.0. The number of hydrogen-bond donors (Lipinski definition) is 1. The molecule has 0 spiro atoms. The number of nitrogens with one attached hydrogen (secondary N) is 1. The minimum atomic E-state index is -0.491. The Morgan fingerprint density at radius 1 is 1.30 bits per heavy atom. The number of carbonyl (C=O) groups excluding carboxylic acids is 1. The molecule has 1 saturated carbocycles. The zero-order valence-corrected chi connectivity index (χ0v) is 14.0. The lowest BCUT2D eigenvalue weighted by molar-refractivity contribution is -0.384. The van der Waals surface area contributed by atoms with E-state index in [9.17, 15) is 14.9 Å². The highest BCUT2D eigenvalue weighted by Gasteiger charge is 2.23. The third-order valence-electron chi connectivity index (χ3n) is 4.30. The van der Waals surface area contributed by atoms with Gasteiger partial charge in [-0.25, -0.2) is 4.79 Å². The second-order valence-electron chi connectivity index (χ2n) is 5.70. The molecule has 1 atom stereocenters. The van der Waals surface area contributed by atoms with Crippen LogP contribution in [0, 0.1) is 16.0 Å². The first kappa shape index (κ1) is 19.4. The molecule has 0 heterocycles. The molecule has 23 heavy (non-hydrogen) atoms. The number of non-ortho nitro benzene ring substituents is 1. The van der Waals surface area contributed by atoms with Crippen molar-refractivity contribution < 1.29 is 14.5 Å². The lowest BCUT2D eigenvalue weighted by Crippen LogP contribution is -2.39. The van der Waals surface area contributed by atoms with Crippen molar-refractivity contribution >= 4 is 24.1 Å². The molecule has 0 radical (unpaired) electrons. The normalized spacial score (nSPS) is 16.2. The summed E-state index contributed by atoms with van der Waals surface area (Å²) in [5, 5.41) is 13.8. The highest BCUT2D eigenvalue weighted by Crippen LogP contribution is 2.26. The van der Waals surface area contributed by atoms with Crippen molar-refractivity contribution in [3.8, 4) is 0 Å². The summed E-state index contributed by atoms with van der Waals surface area (Å²) >= 11 is 0. The largest absolute Gasteiger partial charge is 0.460 e. The molecule has 0 saturated heterocycles. The summed E-state index contributed by atoms with van der Waals surface area (Å²) in [7, 11) is 1.89. The molecule has 1 N–H and O–H groups in total. The SMILES string of the molecule is CNC(COC(=O)c1ccc([N+](=O)[O-])cc1)C1CCCCC1.Cl. The number of halogens is 1. The van der Waals surface area contributed by atoms with Crippen LogP contribution in [0.25, 0.3) is 0 Å². The molecule has 7 heteroatoms. The third kappa shape index (κ3) is 5.48. The predicted octanol–water partition coefficient (Wildman–Crippen LogP) is 3.34. The lowest BCUT2D eigenvalue weighted by Gasteiger charge is -2.29. The van der Waals surface area contributed by atoms with E-state index < -0.39 is 10.9 Å². The first-order valence-corrected chi connectivity index (χ1v) is 7.70. The van der Waals surface area contributed by atoms with Crippen LogP contribution >= 0.6 is 12.4 Å². The molecule has 1 aromatic carbocycles. The Hall–Kier alpha value is -1.66. The number of rotatable bonds is 6. The quantitative estimate of drug-likeness (QED) is 0.487. The Bertz CT molecular complexity index is 515. The fourth-order valence-electron chi connectivity index (χ4n) is 2.96. The van der Waals surface area contributed by atoms with Gasteiger partial charge in [0, 0.05) is 18.2 Å². The monoisotopic (exact) mass is 342 g/mol. The standard InChI is InChI=1S/C16H22N2O4.ClH/c1-17-15(12-5-3-2-4-6-12)11-22-16(19)13-7-9-14(10-8-13)18(20)21;/h7-10,12,15,17H,2-6,11H2,1H3;1H. The van der Waals surface area contributed by atoms with Gasteiger partial charge in [-0.15, -0.1) is 12.4 Å². The first-order valence-electron chi connectivity index (χ1n) is 7.70. The average molecular weight is 343 g/mol. The van der Waals surface area contributed by atoms with Crippen LogP contribution in [0.5, 0.6) is 0 Å². The number of nitro groups is 1. The van der Waals surface area contributed by atoms with Gasteiger partial charge in [-0.1, -0.05) is 19.3 Å². The number of esters is 1. The van der Waals surface area contributed by atoms with Crippen LogP contribution in [0.2, 0.25) is 0 Å². The number of carbonyl (C=O) groups is 1. The van der Waals surface area contributed by atoms with Crippen molar-refractivity contribution in [2.45, 2.75) is 38.1 Å². The zero-order chi connectivity index (χ0) is 15.9. The van der Waals surface area contributed by atoms with E-state index in [1.165, 1.54) is 56.4 Å². The van der Waals surface area contributed by atoms with E-state index in [0.717, 1.165) is 0 Å². The van der Waals surface area contributed by atoms with Crippen molar-refractivity contribution in [1.82, 2.24) is 5.32 Å². The number of benzene rings is 1. The Morgan fingerprint density at radius 3 is 2.43 bits per heavy atom. The van der Waals surface area contributed by atoms with Crippen molar-refractivity contribution in [2.75, 3.05) is 13.7 Å². The molecule has 0 aromatic heterocycles. The Labute approximate surface area is 142 Å². The van der Waals surface area contributed by atoms with Gasteiger partial charge in [0.15, 0.2) is 0 Å². The highest BCUT2D eigenvalue weighted by atomic mass is 35.5. The molecule has 0 bridgehead atoms. The van der Waals surface area contributed by atoms with Crippen molar-refractivity contribution in [3.63, 3.8) is 0 Å². The molecule has 6 nitrogen and oxygen atoms in total. The number of ether oxygens (including phenoxy) is 1. The van der Waals surface area contributed by atoms with E-state index in [4.69, 9.17) is 4.74 Å². The van der Waals surface area contributed by atoms with Gasteiger partial charge in [-0.2, -0.15) is 0 Å². The fraction of sp³-hybridized carbons (Fsp3) is 0.562. The maximum Gasteiger partial charge on any atom is 0.338 e. The van der Waals surface area contributed by atoms with Gasteiger partial charge in [-0.05, 0) is 37.9 Å². The molecule has 128 valence electrons. The van der Waals surface area contributed by atoms with Gasteiger partial charge in [0.05, 0.1) is 10.5 Å². The van der Waals surface area contributed by atoms with E-state index in [1.54, 1.807) is 0 Å². The molecule has 0 amide bonds. The molecule has 1 unspecified atom stereocenters. The van der Waals surface area contributed by atoms with Gasteiger partial charge in [0.1, 0.15) is 6.61 Å². The molecule has 1 fully saturated rings. The summed E-state index contributed by atoms with van der Waals surface area (Å²) in [5.74, 6) is 0.106. The van der Waals surface area contributed by atoms with Crippen molar-refractivity contribution in [2.24, 2.45) is 5.92 Å². The van der Waals surface area contributed by atoms with Crippen LogP contribution in [0.3, 0.4) is 0 Å². The first-order chi connectivity index (χ1) is 10.6. The summed E-state index contributed by atoms with van der Waals surface area (Å²) in [6.45, 7) is 0.330. The highest BCUT2D eigenvalue weighted by molar-refractivity contribution is 5.89. The molecule has 1 aromatic rings. The van der Waals surface area contributed by atoms with Crippen LogP contribution < -0.4 is 5.32 Å². The number of nitro benzene ring substituents is 1. The minimum absolute atomic E-state index is 0. The second kappa shape index (κ2) is 9.47. The topological polar surface area (TPSA) is 81.5 Å². The Kier molecular flexibility index (Phi) is 7.98. The van der Waals surface area contributed by atoms with Gasteiger partial charge in [-0.3, -0.25) is 10.1 Å². The van der Waals surface area contributed by atoms with E-state index in [1.807, 2.05) is 7.05 Å². The zero-order valence-electron chi connectivity index (χ0n) is 13.2. The van der Waals surface area contributed by atoms with E-state index in [-0.39, 0.29) is 24.1 Å². The summed E-state index contributed by atoms with van der Waals surface area (Å²) in [6, 6.07) is 5.65. The molecule has 2 rings (SSSR count). The maximum atomic E-state index is 12.0. The van der Waals surface area contributed by atoms with Gasteiger partial charge in [0.2, 0.25) is 0 Å². The molecule has 1 aliphatic rings. The van der Waals surface area contributed by atoms with Gasteiger partial charge < -0.3 is 10.1 Å².